The van der Waals surface area contributed by atoms with E-state index in [1.165, 1.54) is 144 Å². The van der Waals surface area contributed by atoms with Crippen LogP contribution in [0.5, 0.6) is 34.5 Å². The van der Waals surface area contributed by atoms with Gasteiger partial charge in [0.1, 0.15) is 40.3 Å². The number of unbranched alkanes of at least 4 members (excludes halogenated alkanes) is 8. The highest BCUT2D eigenvalue weighted by atomic mass is 35.5. The number of ether oxygens (including phenoxy) is 16. The van der Waals surface area contributed by atoms with Crippen LogP contribution < -0.4 is 28.4 Å². The molecule has 0 aliphatic carbocycles. The van der Waals surface area contributed by atoms with Crippen LogP contribution >= 0.6 is 11.6 Å². The molecule has 0 atom stereocenters. The van der Waals surface area contributed by atoms with Gasteiger partial charge in [-0.25, -0.2) is 47.5 Å². The third-order valence-corrected chi connectivity index (χ3v) is 19.0. The molecule has 26 nitrogen and oxygen atoms in total. The zero-order chi connectivity index (χ0) is 107. The zero-order valence-electron chi connectivity index (χ0n) is 86.5. The summed E-state index contributed by atoms with van der Waals surface area (Å²) >= 11 is 5.52. The van der Waals surface area contributed by atoms with Crippen LogP contribution in [-0.4, -0.2) is 177 Å². The van der Waals surface area contributed by atoms with Crippen LogP contribution in [0.1, 0.15) is 240 Å². The van der Waals surface area contributed by atoms with Crippen LogP contribution in [0.2, 0.25) is 5.02 Å². The van der Waals surface area contributed by atoms with E-state index in [4.69, 9.17) is 49.9 Å². The molecule has 0 saturated carbocycles. The van der Waals surface area contributed by atoms with E-state index in [2.05, 4.69) is 70.3 Å². The zero-order valence-corrected chi connectivity index (χ0v) is 87.3. The van der Waals surface area contributed by atoms with Crippen molar-refractivity contribution in [3.05, 3.63) is 356 Å². The SMILES string of the molecule is CCCCCCOc1ccc(COC)cc1.CCCCCOc1ccc(C(=O)OC)cc1.CCCCCOc1ccccc1.CCCCOc1ccc(C(=O)OC)cc1.CCCOc1ccc(C(=O)OC)cc1.CCOc1ccc(C(=O)OC)cc1.COC.COC(=O)c1ccc(C)cc1.COC(=O)c1ccc(C)cc1.COC(=O)c1ccc(C)cc1.COC(=O)c1ccc(F)cc1.O=C(O)c1ccc(Cl)cc1. The van der Waals surface area contributed by atoms with Crippen molar-refractivity contribution in [2.75, 3.05) is 118 Å². The number of esters is 8. The number of methoxy groups -OCH3 is 10. The van der Waals surface area contributed by atoms with Crippen LogP contribution in [0.3, 0.4) is 0 Å². The molecule has 11 aromatic rings. The number of aryl methyl sites for hydroxylation is 3. The summed E-state index contributed by atoms with van der Waals surface area (Å²) in [6.07, 6.45) is 15.2. The van der Waals surface area contributed by atoms with E-state index >= 15 is 0 Å². The first-order valence-corrected chi connectivity index (χ1v) is 47.2. The van der Waals surface area contributed by atoms with Crippen LogP contribution in [-0.2, 0) is 54.0 Å². The van der Waals surface area contributed by atoms with Gasteiger partial charge in [0.25, 0.3) is 0 Å². The van der Waals surface area contributed by atoms with Gasteiger partial charge >= 0.3 is 53.7 Å². The minimum Gasteiger partial charge on any atom is -0.494 e. The highest BCUT2D eigenvalue weighted by Crippen LogP contribution is 2.20. The molecule has 0 unspecified atom stereocenters. The van der Waals surface area contributed by atoms with Gasteiger partial charge in [-0.2, -0.15) is 0 Å². The molecule has 0 saturated heterocycles. The van der Waals surface area contributed by atoms with Gasteiger partial charge in [-0.05, 0) is 272 Å². The molecule has 0 radical (unpaired) electrons. The normalized spacial score (nSPS) is 9.52. The lowest BCUT2D eigenvalue weighted by Crippen LogP contribution is -2.01. The number of halogens is 2. The van der Waals surface area contributed by atoms with Crippen molar-refractivity contribution in [3.8, 4) is 34.5 Å². The number of carboxylic acids is 1. The molecule has 0 heterocycles. The summed E-state index contributed by atoms with van der Waals surface area (Å²) in [6.45, 7) is 23.7. The number of hydrogen-bond donors (Lipinski definition) is 1. The second kappa shape index (κ2) is 83.4. The second-order valence-electron chi connectivity index (χ2n) is 30.2. The Balaban J connectivity index is 0.00000155. The van der Waals surface area contributed by atoms with Gasteiger partial charge in [-0.1, -0.05) is 181 Å². The number of hydrogen-bond acceptors (Lipinski definition) is 25. The summed E-state index contributed by atoms with van der Waals surface area (Å²) in [5, 5.41) is 8.98. The molecule has 0 aliphatic rings. The van der Waals surface area contributed by atoms with Crippen molar-refractivity contribution in [1.29, 1.82) is 0 Å². The highest BCUT2D eigenvalue weighted by molar-refractivity contribution is 6.30. The maximum Gasteiger partial charge on any atom is 0.337 e. The quantitative estimate of drug-likeness (QED) is 0.0217. The van der Waals surface area contributed by atoms with E-state index in [0.717, 1.165) is 110 Å². The number of carbonyl (C=O) groups excluding carboxylic acids is 8. The van der Waals surface area contributed by atoms with E-state index < -0.39 is 11.9 Å². The summed E-state index contributed by atoms with van der Waals surface area (Å²) in [5.41, 5.74) is 9.15. The van der Waals surface area contributed by atoms with Gasteiger partial charge in [0.2, 0.25) is 0 Å². The number of aromatic carboxylic acids is 1. The Morgan fingerprint density at radius 2 is 0.476 bits per heavy atom. The first-order valence-electron chi connectivity index (χ1n) is 46.8. The Bertz CT molecular complexity index is 4930. The topological polar surface area (TPSA) is 322 Å². The van der Waals surface area contributed by atoms with Crippen molar-refractivity contribution in [2.24, 2.45) is 0 Å². The third-order valence-electron chi connectivity index (χ3n) is 18.7. The maximum absolute atomic E-state index is 12.3. The van der Waals surface area contributed by atoms with Gasteiger partial charge < -0.3 is 80.9 Å². The first-order chi connectivity index (χ1) is 69.0. The predicted molar refractivity (Wildman–Crippen MR) is 558 cm³/mol. The van der Waals surface area contributed by atoms with Gasteiger partial charge in [0.05, 0.1) is 153 Å². The highest BCUT2D eigenvalue weighted by Gasteiger charge is 2.12. The molecule has 0 amide bonds. The van der Waals surface area contributed by atoms with Crippen molar-refractivity contribution in [1.82, 2.24) is 0 Å². The number of benzene rings is 11. The number of para-hydroxylation sites is 1. The largest absolute Gasteiger partial charge is 0.494 e. The summed E-state index contributed by atoms with van der Waals surface area (Å²) in [6, 6.07) is 78.8. The van der Waals surface area contributed by atoms with Gasteiger partial charge in [0.15, 0.2) is 0 Å². The van der Waals surface area contributed by atoms with E-state index in [1.54, 1.807) is 167 Å². The smallest absolute Gasteiger partial charge is 0.337 e. The van der Waals surface area contributed by atoms with Crippen LogP contribution in [0.15, 0.2) is 273 Å². The lowest BCUT2D eigenvalue weighted by Gasteiger charge is -2.06. The summed E-state index contributed by atoms with van der Waals surface area (Å²) < 4.78 is 90.7. The number of rotatable bonds is 36. The van der Waals surface area contributed by atoms with Crippen LogP contribution in [0.4, 0.5) is 4.39 Å². The minimum atomic E-state index is -0.934. The van der Waals surface area contributed by atoms with Crippen molar-refractivity contribution >= 4 is 65.3 Å². The number of carboxylic acid groups (broad SMARTS) is 1. The van der Waals surface area contributed by atoms with Gasteiger partial charge in [-0.15, -0.1) is 0 Å². The minimum absolute atomic E-state index is 0.254. The standard InChI is InChI=1S/C14H22O2.C13H18O3.C12H16O3.C11H14O3.C11H16O.C10H12O3.3C9H10O2.C8H7FO2.C7H5ClO2.C2H6O/c1-3-4-5-6-11-16-14-9-7-13(8-10-14)12-15-2;1-3-4-5-10-16-12-8-6-11(7-9-12)13(14)15-2;1-3-4-9-15-11-7-5-10(6-8-11)12(13)14-2;1-3-8-14-10-6-4-9(5-7-10)11(12)13-2;1-2-3-7-10-12-11-8-5-4-6-9-11;1-3-13-9-6-4-8(5-7-9)10(11)12-2;3*1-7-3-5-8(6-4-7)9(10)11-2;1-11-8(10)6-2-4-7(9)5-3-6;8-6-3-1-5(2-4-6)7(9)10;1-3-2/h7-10H,3-6,11-12H2,1-2H3;6-9H,3-5,10H2,1-2H3;5-8H,3-4,9H2,1-2H3;4-7H,3,8H2,1-2H3;4-6,8-9H,2-3,7,10H2,1H3;4-7H,3H2,1-2H3;3*3-6H,1-2H3;2-5H,1H3;1-4H,(H,9,10);1-2H3. The van der Waals surface area contributed by atoms with Crippen molar-refractivity contribution < 1.29 is 128 Å². The van der Waals surface area contributed by atoms with Crippen LogP contribution in [0.25, 0.3) is 0 Å². The molecule has 776 valence electrons. The molecular formula is C115H146ClFO26. The van der Waals surface area contributed by atoms with Crippen LogP contribution in [0, 0.1) is 26.6 Å². The lowest BCUT2D eigenvalue weighted by molar-refractivity contribution is 0.0591. The molecular weight excluding hydrogens is 1850 g/mol. The molecule has 0 fully saturated rings. The fraction of sp³-hybridized carbons (Fsp3) is 0.348. The van der Waals surface area contributed by atoms with E-state index in [1.807, 2.05) is 126 Å². The lowest BCUT2D eigenvalue weighted by atomic mass is 10.2. The van der Waals surface area contributed by atoms with E-state index in [-0.39, 0.29) is 53.2 Å². The number of carbonyl (C=O) groups is 9. The monoisotopic (exact) mass is 2000 g/mol. The molecule has 0 aromatic heterocycles. The third kappa shape index (κ3) is 62.4. The molecule has 143 heavy (non-hydrogen) atoms. The van der Waals surface area contributed by atoms with E-state index in [0.29, 0.717) is 76.0 Å². The van der Waals surface area contributed by atoms with Gasteiger partial charge in [-0.3, -0.25) is 0 Å². The fourth-order valence-electron chi connectivity index (χ4n) is 10.8. The molecule has 11 aromatic carbocycles. The second-order valence-corrected chi connectivity index (χ2v) is 30.7. The summed E-state index contributed by atoms with van der Waals surface area (Å²) in [5.74, 6) is 1.14. The van der Waals surface area contributed by atoms with Crippen molar-refractivity contribution in [3.63, 3.8) is 0 Å². The molecule has 28 heteroatoms. The Morgan fingerprint density at radius 3 is 0.727 bits per heavy atom. The molecule has 0 bridgehead atoms. The predicted octanol–water partition coefficient (Wildman–Crippen LogP) is 26.1. The van der Waals surface area contributed by atoms with Crippen molar-refractivity contribution in [2.45, 2.75) is 152 Å². The fourth-order valence-corrected chi connectivity index (χ4v) is 11.0. The first kappa shape index (κ1) is 129. The average Bonchev–Trinajstić information content (AvgIpc) is 0.882. The maximum atomic E-state index is 12.3. The summed E-state index contributed by atoms with van der Waals surface area (Å²) in [7, 11) is 15.8. The molecule has 0 aliphatic heterocycles. The Labute approximate surface area is 849 Å². The van der Waals surface area contributed by atoms with Gasteiger partial charge in [0, 0.05) is 26.4 Å². The summed E-state index contributed by atoms with van der Waals surface area (Å²) in [4.78, 5) is 98.1. The molecule has 0 spiro atoms. The average molecular weight is 2000 g/mol. The Morgan fingerprint density at radius 1 is 0.252 bits per heavy atom. The van der Waals surface area contributed by atoms with E-state index in [9.17, 15) is 47.5 Å². The molecule has 11 rings (SSSR count). The Hall–Kier alpha value is -14.4. The molecule has 1 N–H and O–H groups in total. The Kier molecular flexibility index (Phi) is 75.0.